The molecule has 10 nitrogen and oxygen atoms in total. The lowest BCUT2D eigenvalue weighted by Gasteiger charge is -2.23. The number of benzene rings is 4. The van der Waals surface area contributed by atoms with Crippen molar-refractivity contribution in [1.82, 2.24) is 9.80 Å². The van der Waals surface area contributed by atoms with Crippen LogP contribution in [0.4, 0.5) is 9.59 Å². The molecule has 0 unspecified atom stereocenters. The van der Waals surface area contributed by atoms with Crippen LogP contribution in [-0.4, -0.2) is 75.3 Å². The predicted octanol–water partition coefficient (Wildman–Crippen LogP) is 8.49. The molecule has 0 aromatic heterocycles. The summed E-state index contributed by atoms with van der Waals surface area (Å²) in [6.07, 6.45) is 7.57. The van der Waals surface area contributed by atoms with Crippen molar-refractivity contribution in [2.75, 3.05) is 41.4 Å². The minimum atomic E-state index is -0.663. The summed E-state index contributed by atoms with van der Waals surface area (Å²) in [6.45, 7) is 4.57. The van der Waals surface area contributed by atoms with Gasteiger partial charge in [0.2, 0.25) is 0 Å². The van der Waals surface area contributed by atoms with Gasteiger partial charge in [0.25, 0.3) is 0 Å². The van der Waals surface area contributed by atoms with E-state index in [0.717, 1.165) is 36.5 Å². The maximum Gasteiger partial charge on any atom is 0.414 e. The van der Waals surface area contributed by atoms with Crippen LogP contribution in [0.2, 0.25) is 0 Å². The second kappa shape index (κ2) is 17.7. The first-order valence-electron chi connectivity index (χ1n) is 16.6. The normalized spacial score (nSPS) is 11.2. The molecule has 4 aromatic carbocycles. The molecule has 50 heavy (non-hydrogen) atoms. The highest BCUT2D eigenvalue weighted by atomic mass is 16.6. The van der Waals surface area contributed by atoms with Gasteiger partial charge in [0.1, 0.15) is 11.5 Å². The number of amides is 2. The van der Waals surface area contributed by atoms with Crippen LogP contribution in [0.15, 0.2) is 72.8 Å². The number of hydrogen-bond donors (Lipinski definition) is 0. The Hall–Kier alpha value is -5.64. The first-order valence-corrected chi connectivity index (χ1v) is 16.6. The molecule has 0 saturated heterocycles. The van der Waals surface area contributed by atoms with E-state index in [4.69, 9.17) is 18.9 Å². The molecule has 0 aliphatic carbocycles. The van der Waals surface area contributed by atoms with Gasteiger partial charge in [-0.15, -0.1) is 0 Å². The third-order valence-electron chi connectivity index (χ3n) is 7.70. The zero-order valence-electron chi connectivity index (χ0n) is 29.5. The lowest BCUT2D eigenvalue weighted by atomic mass is 9.88. The van der Waals surface area contributed by atoms with Crippen molar-refractivity contribution in [3.8, 4) is 22.6 Å². The zero-order valence-corrected chi connectivity index (χ0v) is 29.5. The van der Waals surface area contributed by atoms with Crippen molar-refractivity contribution < 1.29 is 38.1 Å². The quantitative estimate of drug-likeness (QED) is 0.0785. The molecule has 0 fully saturated rings. The van der Waals surface area contributed by atoms with E-state index in [0.29, 0.717) is 33.0 Å². The molecule has 262 valence electrons. The van der Waals surface area contributed by atoms with Crippen molar-refractivity contribution in [3.63, 3.8) is 0 Å². The highest BCUT2D eigenvalue weighted by Gasteiger charge is 2.27. The van der Waals surface area contributed by atoms with Gasteiger partial charge >= 0.3 is 24.1 Å². The van der Waals surface area contributed by atoms with E-state index in [1.807, 2.05) is 74.5 Å². The van der Waals surface area contributed by atoms with E-state index >= 15 is 0 Å². The van der Waals surface area contributed by atoms with Crippen LogP contribution in [0.25, 0.3) is 44.8 Å². The molecule has 0 aliphatic rings. The molecule has 2 amide bonds. The Morgan fingerprint density at radius 1 is 0.600 bits per heavy atom. The van der Waals surface area contributed by atoms with Crippen LogP contribution >= 0.6 is 0 Å². The standard InChI is InChI=1S/C40H44N2O8/c1-7-9-23-47-33(43)21-19-29-25-27-15-11-13-17-31(27)35(37(29)49-39(45)41(3)4)36-32-18-14-12-16-28(32)26-30(38(36)50-40(46)42(5)6)20-22-34(44)48-24-10-8-2/h11-22,25-26H,7-10,23-24H2,1-6H3/b21-19+,22-20+. The van der Waals surface area contributed by atoms with Crippen molar-refractivity contribution in [2.45, 2.75) is 39.5 Å². The average molecular weight is 681 g/mol. The Bertz CT molecular complexity index is 1790. The lowest BCUT2D eigenvalue weighted by Crippen LogP contribution is -2.26. The Kier molecular flexibility index (Phi) is 13.1. The summed E-state index contributed by atoms with van der Waals surface area (Å²) < 4.78 is 22.9. The third-order valence-corrected chi connectivity index (χ3v) is 7.70. The summed E-state index contributed by atoms with van der Waals surface area (Å²) in [4.78, 5) is 54.6. The number of hydrogen-bond acceptors (Lipinski definition) is 8. The number of esters is 2. The average Bonchev–Trinajstić information content (AvgIpc) is 3.10. The smallest absolute Gasteiger partial charge is 0.414 e. The fourth-order valence-corrected chi connectivity index (χ4v) is 5.07. The molecule has 10 heteroatoms. The summed E-state index contributed by atoms with van der Waals surface area (Å²) >= 11 is 0. The molecular formula is C40H44N2O8. The number of carbonyl (C=O) groups is 4. The maximum atomic E-state index is 13.3. The predicted molar refractivity (Wildman–Crippen MR) is 196 cm³/mol. The monoisotopic (exact) mass is 680 g/mol. The second-order valence-electron chi connectivity index (χ2n) is 12.0. The van der Waals surface area contributed by atoms with E-state index in [-0.39, 0.29) is 24.7 Å². The number of rotatable bonds is 13. The molecule has 4 aromatic rings. The Labute approximate surface area is 292 Å². The minimum Gasteiger partial charge on any atom is -0.463 e. The van der Waals surface area contributed by atoms with Crippen LogP contribution < -0.4 is 9.47 Å². The second-order valence-corrected chi connectivity index (χ2v) is 12.0. The number of carbonyl (C=O) groups excluding carboxylic acids is 4. The number of ether oxygens (including phenoxy) is 4. The topological polar surface area (TPSA) is 112 Å². The van der Waals surface area contributed by atoms with Crippen molar-refractivity contribution >= 4 is 57.8 Å². The Balaban J connectivity index is 2.11. The van der Waals surface area contributed by atoms with Crippen LogP contribution in [-0.2, 0) is 19.1 Å². The molecule has 0 radical (unpaired) electrons. The summed E-state index contributed by atoms with van der Waals surface area (Å²) in [5.74, 6) is -0.816. The van der Waals surface area contributed by atoms with Crippen LogP contribution in [0, 0.1) is 0 Å². The van der Waals surface area contributed by atoms with Crippen molar-refractivity contribution in [1.29, 1.82) is 0 Å². The van der Waals surface area contributed by atoms with Crippen LogP contribution in [0.5, 0.6) is 11.5 Å². The molecule has 0 heterocycles. The summed E-state index contributed by atoms with van der Waals surface area (Å²) in [7, 11) is 6.26. The molecule has 0 saturated carbocycles. The Morgan fingerprint density at radius 3 is 1.34 bits per heavy atom. The van der Waals surface area contributed by atoms with Gasteiger partial charge < -0.3 is 28.7 Å². The first kappa shape index (κ1) is 37.2. The molecule has 0 N–H and O–H groups in total. The first-order chi connectivity index (χ1) is 24.0. The van der Waals surface area contributed by atoms with E-state index in [1.165, 1.54) is 22.0 Å². The van der Waals surface area contributed by atoms with Gasteiger partial charge in [-0.25, -0.2) is 19.2 Å². The fourth-order valence-electron chi connectivity index (χ4n) is 5.07. The number of fused-ring (bicyclic) bond motifs is 2. The van der Waals surface area contributed by atoms with E-state index in [1.54, 1.807) is 40.3 Å². The summed E-state index contributed by atoms with van der Waals surface area (Å²) in [5.41, 5.74) is 1.71. The molecular weight excluding hydrogens is 636 g/mol. The van der Waals surface area contributed by atoms with Crippen molar-refractivity contribution in [2.24, 2.45) is 0 Å². The highest BCUT2D eigenvalue weighted by Crippen LogP contribution is 2.49. The van der Waals surface area contributed by atoms with Crippen molar-refractivity contribution in [3.05, 3.63) is 83.9 Å². The SMILES string of the molecule is CCCCOC(=O)/C=C/c1cc2ccccc2c(-c2c(OC(=O)N(C)C)c(/C=C/C(=O)OCCCC)cc3ccccc23)c1OC(=O)N(C)C. The van der Waals surface area contributed by atoms with Gasteiger partial charge in [0, 0.05) is 62.6 Å². The van der Waals surface area contributed by atoms with Gasteiger partial charge in [-0.3, -0.25) is 0 Å². The molecule has 0 atom stereocenters. The van der Waals surface area contributed by atoms with Gasteiger partial charge in [0.05, 0.1) is 13.2 Å². The highest BCUT2D eigenvalue weighted by molar-refractivity contribution is 6.13. The van der Waals surface area contributed by atoms with E-state index < -0.39 is 24.1 Å². The zero-order chi connectivity index (χ0) is 36.2. The molecule has 0 spiro atoms. The van der Waals surface area contributed by atoms with E-state index in [9.17, 15) is 19.2 Å². The van der Waals surface area contributed by atoms with Gasteiger partial charge in [-0.2, -0.15) is 0 Å². The van der Waals surface area contributed by atoms with Gasteiger partial charge in [0.15, 0.2) is 0 Å². The summed E-state index contributed by atoms with van der Waals surface area (Å²) in [6, 6.07) is 18.6. The third kappa shape index (κ3) is 9.28. The summed E-state index contributed by atoms with van der Waals surface area (Å²) in [5, 5.41) is 2.90. The Morgan fingerprint density at radius 2 is 0.980 bits per heavy atom. The maximum absolute atomic E-state index is 13.3. The lowest BCUT2D eigenvalue weighted by molar-refractivity contribution is -0.138. The molecule has 4 rings (SSSR count). The van der Waals surface area contributed by atoms with E-state index in [2.05, 4.69) is 0 Å². The fraction of sp³-hybridized carbons (Fsp3) is 0.300. The van der Waals surface area contributed by atoms with Crippen LogP contribution in [0.3, 0.4) is 0 Å². The number of nitrogens with zero attached hydrogens (tertiary/aromatic N) is 2. The molecule has 0 bridgehead atoms. The van der Waals surface area contributed by atoms with Gasteiger partial charge in [-0.1, -0.05) is 75.2 Å². The van der Waals surface area contributed by atoms with Crippen LogP contribution in [0.1, 0.15) is 50.7 Å². The molecule has 0 aliphatic heterocycles. The van der Waals surface area contributed by atoms with Gasteiger partial charge in [-0.05, 0) is 58.7 Å². The number of unbranched alkanes of at least 4 members (excludes halogenated alkanes) is 2. The largest absolute Gasteiger partial charge is 0.463 e. The minimum absolute atomic E-state index is 0.132.